The highest BCUT2D eigenvalue weighted by molar-refractivity contribution is 5.81. The lowest BCUT2D eigenvalue weighted by Crippen LogP contribution is -2.10. The third-order valence-corrected chi connectivity index (χ3v) is 4.75. The molecule has 0 saturated carbocycles. The van der Waals surface area contributed by atoms with Crippen LogP contribution in [0.4, 0.5) is 4.39 Å². The molecule has 0 saturated heterocycles. The van der Waals surface area contributed by atoms with Crippen molar-refractivity contribution in [2.24, 2.45) is 0 Å². The zero-order valence-corrected chi connectivity index (χ0v) is 16.4. The van der Waals surface area contributed by atoms with Gasteiger partial charge in [-0.1, -0.05) is 17.3 Å². The lowest BCUT2D eigenvalue weighted by Gasteiger charge is -2.06. The molecule has 0 unspecified atom stereocenters. The minimum Gasteiger partial charge on any atom is -0.337 e. The maximum absolute atomic E-state index is 14.3. The standard InChI is InChI=1S/C21H18FN7O/c1-28(2)12-19-25-21(27-30-19)17-10-23-18-8-7-13(11-29(17)18)15-9-24-26-20(15)14-5-3-4-6-16(14)22/h3-11H,12H2,1-2H3,(H,24,26). The Balaban J connectivity index is 1.59. The van der Waals surface area contributed by atoms with Crippen molar-refractivity contribution in [2.45, 2.75) is 6.54 Å². The van der Waals surface area contributed by atoms with Crippen molar-refractivity contribution >= 4 is 5.65 Å². The van der Waals surface area contributed by atoms with Gasteiger partial charge in [0.15, 0.2) is 0 Å². The molecule has 0 bridgehead atoms. The van der Waals surface area contributed by atoms with Crippen LogP contribution in [0.15, 0.2) is 59.5 Å². The fraction of sp³-hybridized carbons (Fsp3) is 0.143. The highest BCUT2D eigenvalue weighted by Crippen LogP contribution is 2.32. The quantitative estimate of drug-likeness (QED) is 0.482. The highest BCUT2D eigenvalue weighted by atomic mass is 19.1. The van der Waals surface area contributed by atoms with Crippen LogP contribution in [0.25, 0.3) is 39.5 Å². The van der Waals surface area contributed by atoms with Crippen molar-refractivity contribution in [3.8, 4) is 33.9 Å². The van der Waals surface area contributed by atoms with Crippen molar-refractivity contribution in [3.63, 3.8) is 0 Å². The lowest BCUT2D eigenvalue weighted by molar-refractivity contribution is 0.303. The number of H-pyrrole nitrogens is 1. The monoisotopic (exact) mass is 403 g/mol. The van der Waals surface area contributed by atoms with Crippen LogP contribution in [-0.2, 0) is 6.54 Å². The Bertz CT molecular complexity index is 1330. The van der Waals surface area contributed by atoms with Crippen LogP contribution in [0.3, 0.4) is 0 Å². The smallest absolute Gasteiger partial charge is 0.241 e. The fourth-order valence-electron chi connectivity index (χ4n) is 3.37. The second kappa shape index (κ2) is 7.20. The van der Waals surface area contributed by atoms with Crippen LogP contribution < -0.4 is 0 Å². The van der Waals surface area contributed by atoms with Crippen LogP contribution in [0.1, 0.15) is 5.89 Å². The Morgan fingerprint density at radius 1 is 1.10 bits per heavy atom. The molecule has 0 spiro atoms. The van der Waals surface area contributed by atoms with E-state index in [0.717, 1.165) is 16.8 Å². The van der Waals surface area contributed by atoms with E-state index in [9.17, 15) is 4.39 Å². The van der Waals surface area contributed by atoms with Crippen molar-refractivity contribution in [2.75, 3.05) is 14.1 Å². The third kappa shape index (κ3) is 3.15. The Morgan fingerprint density at radius 3 is 2.80 bits per heavy atom. The number of nitrogens with zero attached hydrogens (tertiary/aromatic N) is 6. The van der Waals surface area contributed by atoms with Crippen molar-refractivity contribution in [1.82, 2.24) is 34.6 Å². The zero-order valence-electron chi connectivity index (χ0n) is 16.4. The predicted octanol–water partition coefficient (Wildman–Crippen LogP) is 3.64. The summed E-state index contributed by atoms with van der Waals surface area (Å²) in [4.78, 5) is 10.8. The summed E-state index contributed by atoms with van der Waals surface area (Å²) >= 11 is 0. The van der Waals surface area contributed by atoms with Gasteiger partial charge in [-0.05, 0) is 38.4 Å². The van der Waals surface area contributed by atoms with E-state index in [1.165, 1.54) is 6.07 Å². The Hall–Kier alpha value is -3.85. The molecule has 0 fully saturated rings. The molecule has 30 heavy (non-hydrogen) atoms. The molecule has 1 aromatic carbocycles. The number of rotatable bonds is 5. The lowest BCUT2D eigenvalue weighted by atomic mass is 10.0. The number of benzene rings is 1. The van der Waals surface area contributed by atoms with Crippen molar-refractivity contribution in [1.29, 1.82) is 0 Å². The number of pyridine rings is 1. The van der Waals surface area contributed by atoms with E-state index in [0.29, 0.717) is 35.2 Å². The first-order valence-electron chi connectivity index (χ1n) is 9.33. The summed E-state index contributed by atoms with van der Waals surface area (Å²) < 4.78 is 21.6. The van der Waals surface area contributed by atoms with Crippen molar-refractivity contribution in [3.05, 3.63) is 66.7 Å². The van der Waals surface area contributed by atoms with Gasteiger partial charge in [-0.25, -0.2) is 9.37 Å². The molecular formula is C21H18FN7O. The molecule has 0 radical (unpaired) electrons. The summed E-state index contributed by atoms with van der Waals surface area (Å²) in [7, 11) is 3.87. The number of imidazole rings is 1. The molecule has 4 heterocycles. The number of hydrogen-bond donors (Lipinski definition) is 1. The first-order valence-corrected chi connectivity index (χ1v) is 9.33. The maximum Gasteiger partial charge on any atom is 0.241 e. The average Bonchev–Trinajstić information content (AvgIpc) is 3.46. The third-order valence-electron chi connectivity index (χ3n) is 4.75. The topological polar surface area (TPSA) is 88.1 Å². The maximum atomic E-state index is 14.3. The van der Waals surface area contributed by atoms with E-state index in [2.05, 4.69) is 25.3 Å². The first-order chi connectivity index (χ1) is 14.6. The van der Waals surface area contributed by atoms with Crippen LogP contribution in [-0.4, -0.2) is 48.7 Å². The molecule has 0 aliphatic heterocycles. The Morgan fingerprint density at radius 2 is 1.97 bits per heavy atom. The number of hydrogen-bond acceptors (Lipinski definition) is 6. The molecule has 4 aromatic heterocycles. The van der Waals surface area contributed by atoms with Gasteiger partial charge in [-0.2, -0.15) is 10.1 Å². The molecule has 9 heteroatoms. The average molecular weight is 403 g/mol. The Labute approximate surface area is 171 Å². The first kappa shape index (κ1) is 18.2. The van der Waals surface area contributed by atoms with E-state index in [1.807, 2.05) is 41.7 Å². The van der Waals surface area contributed by atoms with Gasteiger partial charge >= 0.3 is 0 Å². The molecule has 8 nitrogen and oxygen atoms in total. The number of fused-ring (bicyclic) bond motifs is 1. The molecule has 0 aliphatic carbocycles. The van der Waals surface area contributed by atoms with Gasteiger partial charge < -0.3 is 9.42 Å². The molecular weight excluding hydrogens is 385 g/mol. The predicted molar refractivity (Wildman–Crippen MR) is 109 cm³/mol. The second-order valence-corrected chi connectivity index (χ2v) is 7.18. The van der Waals surface area contributed by atoms with E-state index >= 15 is 0 Å². The van der Waals surface area contributed by atoms with Gasteiger partial charge in [0.2, 0.25) is 11.7 Å². The molecule has 0 aliphatic rings. The second-order valence-electron chi connectivity index (χ2n) is 7.18. The number of halogens is 1. The van der Waals surface area contributed by atoms with Gasteiger partial charge in [0.25, 0.3) is 0 Å². The number of aromatic nitrogens is 6. The molecule has 5 rings (SSSR count). The highest BCUT2D eigenvalue weighted by Gasteiger charge is 2.17. The van der Waals surface area contributed by atoms with E-state index in [4.69, 9.17) is 4.52 Å². The molecule has 0 amide bonds. The summed E-state index contributed by atoms with van der Waals surface area (Å²) in [5.41, 5.74) is 4.15. The van der Waals surface area contributed by atoms with Gasteiger partial charge in [-0.3, -0.25) is 9.50 Å². The largest absolute Gasteiger partial charge is 0.337 e. The normalized spacial score (nSPS) is 11.6. The van der Waals surface area contributed by atoms with Gasteiger partial charge in [-0.15, -0.1) is 0 Å². The van der Waals surface area contributed by atoms with Crippen molar-refractivity contribution < 1.29 is 8.91 Å². The summed E-state index contributed by atoms with van der Waals surface area (Å²) in [5, 5.41) is 11.1. The van der Waals surface area contributed by atoms with Crippen LogP contribution in [0.2, 0.25) is 0 Å². The summed E-state index contributed by atoms with van der Waals surface area (Å²) in [6, 6.07) is 10.4. The molecule has 5 aromatic rings. The van der Waals surface area contributed by atoms with Gasteiger partial charge in [0.1, 0.15) is 17.2 Å². The molecule has 150 valence electrons. The summed E-state index contributed by atoms with van der Waals surface area (Å²) in [6.45, 7) is 0.552. The van der Waals surface area contributed by atoms with Crippen LogP contribution >= 0.6 is 0 Å². The Kier molecular flexibility index (Phi) is 4.36. The summed E-state index contributed by atoms with van der Waals surface area (Å²) in [5.74, 6) is 0.670. The minimum absolute atomic E-state index is 0.312. The number of nitrogens with one attached hydrogen (secondary N) is 1. The van der Waals surface area contributed by atoms with Crippen LogP contribution in [0, 0.1) is 5.82 Å². The van der Waals surface area contributed by atoms with E-state index in [1.54, 1.807) is 30.6 Å². The summed E-state index contributed by atoms with van der Waals surface area (Å²) in [6.07, 6.45) is 5.30. The van der Waals surface area contributed by atoms with E-state index in [-0.39, 0.29) is 5.82 Å². The zero-order chi connectivity index (χ0) is 20.7. The number of aromatic amines is 1. The minimum atomic E-state index is -0.312. The fourth-order valence-corrected chi connectivity index (χ4v) is 3.37. The van der Waals surface area contributed by atoms with Gasteiger partial charge in [0, 0.05) is 22.9 Å². The van der Waals surface area contributed by atoms with E-state index < -0.39 is 0 Å². The van der Waals surface area contributed by atoms with Gasteiger partial charge in [0.05, 0.1) is 24.6 Å². The molecule has 1 N–H and O–H groups in total. The SMILES string of the molecule is CN(C)Cc1nc(-c2cnc3ccc(-c4cn[nH]c4-c4ccccc4F)cn23)no1. The van der Waals surface area contributed by atoms with Crippen LogP contribution in [0.5, 0.6) is 0 Å². The molecule has 0 atom stereocenters.